The molecule has 0 unspecified atom stereocenters. The van der Waals surface area contributed by atoms with Gasteiger partial charge in [-0.15, -0.1) is 0 Å². The summed E-state index contributed by atoms with van der Waals surface area (Å²) in [6, 6.07) is 12.2. The molecule has 2 heterocycles. The van der Waals surface area contributed by atoms with Gasteiger partial charge in [0.05, 0.1) is 28.7 Å². The second-order valence-corrected chi connectivity index (χ2v) is 7.55. The van der Waals surface area contributed by atoms with Crippen LogP contribution in [0.2, 0.25) is 0 Å². The van der Waals surface area contributed by atoms with Gasteiger partial charge in [0.25, 0.3) is 0 Å². The van der Waals surface area contributed by atoms with Crippen LogP contribution in [0.5, 0.6) is 0 Å². The second-order valence-electron chi connectivity index (χ2n) is 7.55. The van der Waals surface area contributed by atoms with Gasteiger partial charge < -0.3 is 21.3 Å². The topological polar surface area (TPSA) is 107 Å². The molecule has 1 amide bonds. The third-order valence-corrected chi connectivity index (χ3v) is 5.48. The van der Waals surface area contributed by atoms with Crippen molar-refractivity contribution < 1.29 is 4.79 Å². The van der Waals surface area contributed by atoms with Crippen molar-refractivity contribution in [3.63, 3.8) is 0 Å². The molecule has 4 rings (SSSR count). The summed E-state index contributed by atoms with van der Waals surface area (Å²) < 4.78 is 0. The number of benzene rings is 2. The van der Waals surface area contributed by atoms with E-state index in [9.17, 15) is 10.1 Å². The molecule has 7 heteroatoms. The fraction of sp³-hybridized carbons (Fsp3) is 0.261. The number of fused-ring (bicyclic) bond motifs is 2. The van der Waals surface area contributed by atoms with Crippen molar-refractivity contribution in [3.8, 4) is 6.07 Å². The van der Waals surface area contributed by atoms with Crippen molar-refractivity contribution in [3.05, 3.63) is 53.2 Å². The first-order valence-electron chi connectivity index (χ1n) is 9.94. The van der Waals surface area contributed by atoms with Crippen molar-refractivity contribution in [2.75, 3.05) is 29.1 Å². The molecule has 1 atom stereocenters. The molecule has 2 aromatic rings. The van der Waals surface area contributed by atoms with Gasteiger partial charge >= 0.3 is 0 Å². The zero-order valence-corrected chi connectivity index (χ0v) is 17.1. The summed E-state index contributed by atoms with van der Waals surface area (Å²) in [7, 11) is 1.68. The zero-order valence-electron chi connectivity index (χ0n) is 17.1. The molecule has 30 heavy (non-hydrogen) atoms. The van der Waals surface area contributed by atoms with Gasteiger partial charge in [0.2, 0.25) is 5.91 Å². The molecule has 2 aliphatic heterocycles. The molecule has 0 bridgehead atoms. The summed E-state index contributed by atoms with van der Waals surface area (Å²) in [6.45, 7) is 2.78. The first kappa shape index (κ1) is 19.5. The summed E-state index contributed by atoms with van der Waals surface area (Å²) in [5.74, 6) is 0.00261. The molecule has 152 valence electrons. The third kappa shape index (κ3) is 3.37. The Balaban J connectivity index is 1.81. The fourth-order valence-electron chi connectivity index (χ4n) is 4.16. The van der Waals surface area contributed by atoms with Gasteiger partial charge in [-0.2, -0.15) is 5.26 Å². The maximum absolute atomic E-state index is 12.1. The molecule has 0 aromatic heterocycles. The van der Waals surface area contributed by atoms with E-state index < -0.39 is 0 Å². The van der Waals surface area contributed by atoms with Gasteiger partial charge in [0.15, 0.2) is 0 Å². The highest BCUT2D eigenvalue weighted by Gasteiger charge is 2.28. The Morgan fingerprint density at radius 3 is 2.93 bits per heavy atom. The number of carbonyl (C=O) groups excluding carboxylic acids is 1. The summed E-state index contributed by atoms with van der Waals surface area (Å²) in [6.07, 6.45) is 4.41. The molecule has 4 N–H and O–H groups in total. The van der Waals surface area contributed by atoms with Gasteiger partial charge in [-0.25, -0.2) is 0 Å². The Morgan fingerprint density at radius 1 is 1.37 bits per heavy atom. The Bertz CT molecular complexity index is 1110. The van der Waals surface area contributed by atoms with Gasteiger partial charge in [0, 0.05) is 55.3 Å². The minimum absolute atomic E-state index is 0.00261. The molecule has 0 aliphatic carbocycles. The van der Waals surface area contributed by atoms with Crippen molar-refractivity contribution in [2.45, 2.75) is 25.8 Å². The summed E-state index contributed by atoms with van der Waals surface area (Å²) in [4.78, 5) is 18.4. The SMILES string of the molecule is CN=CC(=CN)c1cc2c(cc1C#N)N(c1cccc3c1N[C@H](C)CC(=O)N3)CC2. The second kappa shape index (κ2) is 7.91. The van der Waals surface area contributed by atoms with Crippen LogP contribution in [0.1, 0.15) is 30.0 Å². The van der Waals surface area contributed by atoms with Crippen LogP contribution in [-0.4, -0.2) is 31.8 Å². The highest BCUT2D eigenvalue weighted by atomic mass is 16.1. The molecule has 0 fully saturated rings. The monoisotopic (exact) mass is 400 g/mol. The lowest BCUT2D eigenvalue weighted by Crippen LogP contribution is -2.20. The summed E-state index contributed by atoms with van der Waals surface area (Å²) in [5.41, 5.74) is 12.7. The molecular weight excluding hydrogens is 376 g/mol. The predicted octanol–water partition coefficient (Wildman–Crippen LogP) is 3.40. The number of nitrogens with two attached hydrogens (primary N) is 1. The Morgan fingerprint density at radius 2 is 2.20 bits per heavy atom. The van der Waals surface area contributed by atoms with E-state index in [-0.39, 0.29) is 11.9 Å². The maximum Gasteiger partial charge on any atom is 0.226 e. The average molecular weight is 400 g/mol. The third-order valence-electron chi connectivity index (χ3n) is 5.48. The smallest absolute Gasteiger partial charge is 0.226 e. The van der Waals surface area contributed by atoms with Crippen molar-refractivity contribution in [1.29, 1.82) is 5.26 Å². The summed E-state index contributed by atoms with van der Waals surface area (Å²) >= 11 is 0. The van der Waals surface area contributed by atoms with Crippen molar-refractivity contribution in [1.82, 2.24) is 0 Å². The number of nitrogens with zero attached hydrogens (tertiary/aromatic N) is 3. The number of carbonyl (C=O) groups is 1. The first-order chi connectivity index (χ1) is 14.5. The lowest BCUT2D eigenvalue weighted by Gasteiger charge is -2.25. The number of hydrogen-bond acceptors (Lipinski definition) is 6. The molecule has 2 aromatic carbocycles. The van der Waals surface area contributed by atoms with E-state index in [2.05, 4.69) is 26.6 Å². The van der Waals surface area contributed by atoms with Crippen LogP contribution in [0, 0.1) is 11.3 Å². The zero-order chi connectivity index (χ0) is 21.3. The van der Waals surface area contributed by atoms with E-state index in [0.29, 0.717) is 12.0 Å². The number of para-hydroxylation sites is 1. The van der Waals surface area contributed by atoms with Crippen LogP contribution < -0.4 is 21.3 Å². The Labute approximate surface area is 175 Å². The largest absolute Gasteiger partial charge is 0.404 e. The fourth-order valence-corrected chi connectivity index (χ4v) is 4.16. The van der Waals surface area contributed by atoms with Gasteiger partial charge in [-0.3, -0.25) is 9.79 Å². The number of allylic oxidation sites excluding steroid dienone is 1. The van der Waals surface area contributed by atoms with Gasteiger partial charge in [0.1, 0.15) is 0 Å². The number of nitriles is 1. The maximum atomic E-state index is 12.1. The standard InChI is InChI=1S/C23H24N6O/c1-14-8-22(30)28-19-4-3-5-20(23(19)27-14)29-7-6-15-9-18(17(12-25)13-26-2)16(11-24)10-21(15)29/h3-5,9-10,12-14,27H,6-8,25H2,1-2H3,(H,28,30)/t14-/m1/s1. The van der Waals surface area contributed by atoms with Gasteiger partial charge in [-0.05, 0) is 43.2 Å². The van der Waals surface area contributed by atoms with E-state index in [4.69, 9.17) is 5.73 Å². The number of amides is 1. The summed E-state index contributed by atoms with van der Waals surface area (Å²) in [5, 5.41) is 16.2. The Kier molecular flexibility index (Phi) is 5.15. The average Bonchev–Trinajstić information content (AvgIpc) is 3.07. The highest BCUT2D eigenvalue weighted by molar-refractivity contribution is 6.11. The van der Waals surface area contributed by atoms with E-state index in [0.717, 1.165) is 52.4 Å². The predicted molar refractivity (Wildman–Crippen MR) is 121 cm³/mol. The lowest BCUT2D eigenvalue weighted by molar-refractivity contribution is -0.116. The molecule has 0 saturated heterocycles. The van der Waals surface area contributed by atoms with Crippen LogP contribution in [0.3, 0.4) is 0 Å². The van der Waals surface area contributed by atoms with E-state index in [1.807, 2.05) is 37.3 Å². The lowest BCUT2D eigenvalue weighted by atomic mass is 9.97. The van der Waals surface area contributed by atoms with Crippen LogP contribution in [0.4, 0.5) is 22.7 Å². The normalized spacial score (nSPS) is 18.3. The van der Waals surface area contributed by atoms with Crippen LogP contribution >= 0.6 is 0 Å². The van der Waals surface area contributed by atoms with Crippen molar-refractivity contribution in [2.24, 2.45) is 10.7 Å². The van der Waals surface area contributed by atoms with E-state index >= 15 is 0 Å². The molecule has 0 saturated carbocycles. The molecule has 0 spiro atoms. The minimum atomic E-state index is 0.00261. The van der Waals surface area contributed by atoms with Crippen LogP contribution in [0.25, 0.3) is 5.57 Å². The number of aliphatic imine (C=N–C) groups is 1. The van der Waals surface area contributed by atoms with Crippen molar-refractivity contribution >= 4 is 40.4 Å². The van der Waals surface area contributed by atoms with E-state index in [1.54, 1.807) is 13.3 Å². The quantitative estimate of drug-likeness (QED) is 0.685. The van der Waals surface area contributed by atoms with Crippen LogP contribution in [0.15, 0.2) is 41.5 Å². The number of hydrogen-bond donors (Lipinski definition) is 3. The molecule has 2 aliphatic rings. The van der Waals surface area contributed by atoms with Gasteiger partial charge in [-0.1, -0.05) is 6.07 Å². The number of rotatable bonds is 3. The molecule has 7 nitrogen and oxygen atoms in total. The van der Waals surface area contributed by atoms with Crippen LogP contribution in [-0.2, 0) is 11.2 Å². The molecular formula is C23H24N6O. The number of nitrogens with one attached hydrogen (secondary N) is 2. The molecule has 0 radical (unpaired) electrons. The number of anilines is 4. The minimum Gasteiger partial charge on any atom is -0.404 e. The van der Waals surface area contributed by atoms with E-state index in [1.165, 1.54) is 6.20 Å². The highest BCUT2D eigenvalue weighted by Crippen LogP contribution is 2.43. The Hall–Kier alpha value is -3.79. The first-order valence-corrected chi connectivity index (χ1v) is 9.94.